The molecule has 2 aromatic rings. The van der Waals surface area contributed by atoms with Crippen LogP contribution < -0.4 is 4.74 Å². The van der Waals surface area contributed by atoms with Gasteiger partial charge in [-0.15, -0.1) is 0 Å². The van der Waals surface area contributed by atoms with E-state index < -0.39 is 11.8 Å². The number of nitriles is 1. The van der Waals surface area contributed by atoms with Gasteiger partial charge in [0.05, 0.1) is 24.3 Å². The van der Waals surface area contributed by atoms with Crippen molar-refractivity contribution in [2.75, 3.05) is 7.11 Å². The smallest absolute Gasteiger partial charge is 0.340 e. The molecule has 0 unspecified atom stereocenters. The third kappa shape index (κ3) is 2.11. The van der Waals surface area contributed by atoms with Gasteiger partial charge in [-0.25, -0.2) is 9.18 Å². The highest BCUT2D eigenvalue weighted by Crippen LogP contribution is 2.39. The minimum Gasteiger partial charge on any atom is -0.488 e. The predicted molar refractivity (Wildman–Crippen MR) is 72.2 cm³/mol. The molecule has 0 bridgehead atoms. The number of fused-ring (bicyclic) bond motifs is 3. The van der Waals surface area contributed by atoms with Crippen molar-refractivity contribution in [3.8, 4) is 22.9 Å². The molecule has 104 valence electrons. The summed E-state index contributed by atoms with van der Waals surface area (Å²) >= 11 is 0. The Hall–Kier alpha value is -2.87. The van der Waals surface area contributed by atoms with E-state index in [4.69, 9.17) is 10.00 Å². The fourth-order valence-electron chi connectivity index (χ4n) is 2.33. The molecule has 2 aromatic carbocycles. The highest BCUT2D eigenvalue weighted by Gasteiger charge is 2.23. The number of halogens is 1. The molecule has 4 nitrogen and oxygen atoms in total. The first kappa shape index (κ1) is 13.1. The van der Waals surface area contributed by atoms with Gasteiger partial charge >= 0.3 is 5.97 Å². The van der Waals surface area contributed by atoms with Crippen LogP contribution in [0.25, 0.3) is 11.1 Å². The average Bonchev–Trinajstić information content (AvgIpc) is 2.53. The summed E-state index contributed by atoms with van der Waals surface area (Å²) in [4.78, 5) is 11.5. The van der Waals surface area contributed by atoms with Crippen molar-refractivity contribution in [2.24, 2.45) is 0 Å². The zero-order chi connectivity index (χ0) is 15.0. The molecule has 3 rings (SSSR count). The molecule has 0 spiro atoms. The summed E-state index contributed by atoms with van der Waals surface area (Å²) < 4.78 is 24.2. The molecular weight excluding hydrogens is 273 g/mol. The lowest BCUT2D eigenvalue weighted by atomic mass is 9.94. The normalized spacial score (nSPS) is 11.7. The fraction of sp³-hybridized carbons (Fsp3) is 0.125. The van der Waals surface area contributed by atoms with Gasteiger partial charge < -0.3 is 9.47 Å². The maximum Gasteiger partial charge on any atom is 0.340 e. The Kier molecular flexibility index (Phi) is 3.07. The van der Waals surface area contributed by atoms with E-state index in [0.29, 0.717) is 23.5 Å². The number of methoxy groups -OCH3 is 1. The molecule has 21 heavy (non-hydrogen) atoms. The number of carbonyl (C=O) groups excluding carboxylic acids is 1. The number of rotatable bonds is 1. The van der Waals surface area contributed by atoms with Crippen molar-refractivity contribution < 1.29 is 18.7 Å². The van der Waals surface area contributed by atoms with E-state index in [2.05, 4.69) is 10.8 Å². The minimum atomic E-state index is -0.754. The van der Waals surface area contributed by atoms with Crippen LogP contribution in [0.5, 0.6) is 5.75 Å². The SMILES string of the molecule is COC(=O)c1cc2c(cc1F)-c1cc(C#N)ccc1CO2. The number of hydrogen-bond acceptors (Lipinski definition) is 4. The summed E-state index contributed by atoms with van der Waals surface area (Å²) in [7, 11) is 1.19. The minimum absolute atomic E-state index is 0.170. The standard InChI is InChI=1S/C16H10FNO3/c1-20-16(19)13-6-15-12(5-14(13)17)11-4-9(7-18)2-3-10(11)8-21-15/h2-6H,8H2,1H3. The van der Waals surface area contributed by atoms with E-state index in [-0.39, 0.29) is 5.56 Å². The zero-order valence-corrected chi connectivity index (χ0v) is 11.1. The van der Waals surface area contributed by atoms with Gasteiger partial charge in [0, 0.05) is 5.56 Å². The largest absolute Gasteiger partial charge is 0.488 e. The van der Waals surface area contributed by atoms with E-state index in [9.17, 15) is 9.18 Å². The lowest BCUT2D eigenvalue weighted by molar-refractivity contribution is 0.0595. The molecule has 5 heteroatoms. The lowest BCUT2D eigenvalue weighted by Gasteiger charge is -2.21. The van der Waals surface area contributed by atoms with Gasteiger partial charge in [0.25, 0.3) is 0 Å². The average molecular weight is 283 g/mol. The zero-order valence-electron chi connectivity index (χ0n) is 11.1. The van der Waals surface area contributed by atoms with Crippen LogP contribution in [0.4, 0.5) is 4.39 Å². The third-order valence-corrected chi connectivity index (χ3v) is 3.39. The summed E-state index contributed by atoms with van der Waals surface area (Å²) in [6.07, 6.45) is 0. The van der Waals surface area contributed by atoms with Gasteiger partial charge in [-0.2, -0.15) is 5.26 Å². The van der Waals surface area contributed by atoms with Gasteiger partial charge in [-0.1, -0.05) is 6.07 Å². The Labute approximate surface area is 120 Å². The summed E-state index contributed by atoms with van der Waals surface area (Å²) in [5.41, 5.74) is 2.45. The van der Waals surface area contributed by atoms with Crippen molar-refractivity contribution in [1.29, 1.82) is 5.26 Å². The van der Waals surface area contributed by atoms with E-state index in [1.165, 1.54) is 19.2 Å². The number of ether oxygens (including phenoxy) is 2. The molecular formula is C16H10FNO3. The molecule has 0 saturated carbocycles. The highest BCUT2D eigenvalue weighted by molar-refractivity contribution is 5.92. The Morgan fingerprint density at radius 1 is 1.33 bits per heavy atom. The van der Waals surface area contributed by atoms with Gasteiger partial charge in [0.2, 0.25) is 0 Å². The second kappa shape index (κ2) is 4.91. The number of hydrogen-bond donors (Lipinski definition) is 0. The third-order valence-electron chi connectivity index (χ3n) is 3.39. The van der Waals surface area contributed by atoms with Crippen molar-refractivity contribution in [3.05, 3.63) is 52.8 Å². The first-order valence-corrected chi connectivity index (χ1v) is 6.22. The predicted octanol–water partition coefficient (Wildman–Crippen LogP) is 3.04. The highest BCUT2D eigenvalue weighted by atomic mass is 19.1. The molecule has 0 amide bonds. The molecule has 0 radical (unpaired) electrons. The van der Waals surface area contributed by atoms with E-state index >= 15 is 0 Å². The van der Waals surface area contributed by atoms with Gasteiger partial charge in [-0.3, -0.25) is 0 Å². The van der Waals surface area contributed by atoms with Crippen LogP contribution in [0.15, 0.2) is 30.3 Å². The molecule has 0 atom stereocenters. The van der Waals surface area contributed by atoms with Crippen LogP contribution in [-0.4, -0.2) is 13.1 Å². The molecule has 1 aliphatic heterocycles. The molecule has 1 heterocycles. The second-order valence-electron chi connectivity index (χ2n) is 4.59. The first-order chi connectivity index (χ1) is 10.1. The fourth-order valence-corrected chi connectivity index (χ4v) is 2.33. The maximum absolute atomic E-state index is 14.1. The second-order valence-corrected chi connectivity index (χ2v) is 4.59. The van der Waals surface area contributed by atoms with Crippen LogP contribution in [0.1, 0.15) is 21.5 Å². The Balaban J connectivity index is 2.19. The van der Waals surface area contributed by atoms with Crippen molar-refractivity contribution in [2.45, 2.75) is 6.61 Å². The van der Waals surface area contributed by atoms with Crippen molar-refractivity contribution in [1.82, 2.24) is 0 Å². The number of benzene rings is 2. The van der Waals surface area contributed by atoms with E-state index in [1.807, 2.05) is 0 Å². The van der Waals surface area contributed by atoms with Crippen molar-refractivity contribution in [3.63, 3.8) is 0 Å². The quantitative estimate of drug-likeness (QED) is 0.755. The topological polar surface area (TPSA) is 59.3 Å². The van der Waals surface area contributed by atoms with Gasteiger partial charge in [0.1, 0.15) is 18.2 Å². The molecule has 0 aromatic heterocycles. The van der Waals surface area contributed by atoms with Crippen LogP contribution in [-0.2, 0) is 11.3 Å². The summed E-state index contributed by atoms with van der Waals surface area (Å²) in [6, 6.07) is 9.78. The summed E-state index contributed by atoms with van der Waals surface area (Å²) in [5.74, 6) is -1.03. The van der Waals surface area contributed by atoms with Crippen LogP contribution in [0, 0.1) is 17.1 Å². The lowest BCUT2D eigenvalue weighted by Crippen LogP contribution is -2.10. The Morgan fingerprint density at radius 3 is 2.86 bits per heavy atom. The van der Waals surface area contributed by atoms with Gasteiger partial charge in [0.15, 0.2) is 0 Å². The van der Waals surface area contributed by atoms with Crippen LogP contribution >= 0.6 is 0 Å². The molecule has 0 N–H and O–H groups in total. The van der Waals surface area contributed by atoms with E-state index in [1.54, 1.807) is 18.2 Å². The van der Waals surface area contributed by atoms with Crippen molar-refractivity contribution >= 4 is 5.97 Å². The maximum atomic E-state index is 14.1. The number of carbonyl (C=O) groups is 1. The monoisotopic (exact) mass is 283 g/mol. The summed E-state index contributed by atoms with van der Waals surface area (Å²) in [6.45, 7) is 0.306. The Morgan fingerprint density at radius 2 is 2.14 bits per heavy atom. The first-order valence-electron chi connectivity index (χ1n) is 6.22. The molecule has 0 aliphatic carbocycles. The van der Waals surface area contributed by atoms with Gasteiger partial charge in [-0.05, 0) is 35.4 Å². The van der Waals surface area contributed by atoms with E-state index in [0.717, 1.165) is 11.1 Å². The molecule has 0 saturated heterocycles. The molecule has 0 fully saturated rings. The number of esters is 1. The number of nitrogens with zero attached hydrogens (tertiary/aromatic N) is 1. The molecule has 1 aliphatic rings. The Bertz CT molecular complexity index is 793. The summed E-state index contributed by atoms with van der Waals surface area (Å²) in [5, 5.41) is 8.97. The van der Waals surface area contributed by atoms with Crippen LogP contribution in [0.3, 0.4) is 0 Å². The van der Waals surface area contributed by atoms with Crippen LogP contribution in [0.2, 0.25) is 0 Å².